The van der Waals surface area contributed by atoms with E-state index in [4.69, 9.17) is 9.47 Å². The number of morpholine rings is 1. The van der Waals surface area contributed by atoms with E-state index in [1.807, 2.05) is 51.1 Å². The molecule has 5 nitrogen and oxygen atoms in total. The Bertz CT molecular complexity index is 883. The van der Waals surface area contributed by atoms with Gasteiger partial charge in [0.1, 0.15) is 11.4 Å². The molecule has 1 fully saturated rings. The summed E-state index contributed by atoms with van der Waals surface area (Å²) in [6, 6.07) is 14.2. The van der Waals surface area contributed by atoms with Gasteiger partial charge < -0.3 is 14.4 Å². The average Bonchev–Trinajstić information content (AvgIpc) is 2.64. The zero-order valence-corrected chi connectivity index (χ0v) is 20.6. The van der Waals surface area contributed by atoms with Crippen molar-refractivity contribution in [2.75, 3.05) is 31.2 Å². The molecular formula is C21H24I2N2O3. The smallest absolute Gasteiger partial charge is 0.420 e. The number of rotatable bonds is 3. The predicted molar refractivity (Wildman–Crippen MR) is 130 cm³/mol. The molecule has 0 spiro atoms. The predicted octanol–water partition coefficient (Wildman–Crippen LogP) is 5.91. The van der Waals surface area contributed by atoms with Crippen LogP contribution >= 0.6 is 45.2 Å². The summed E-state index contributed by atoms with van der Waals surface area (Å²) in [4.78, 5) is 17.2. The fourth-order valence-corrected chi connectivity index (χ4v) is 4.22. The third-order valence-electron chi connectivity index (χ3n) is 4.26. The molecule has 1 saturated heterocycles. The van der Waals surface area contributed by atoms with Gasteiger partial charge in [-0.05, 0) is 88.9 Å². The molecule has 7 heteroatoms. The first kappa shape index (κ1) is 21.6. The van der Waals surface area contributed by atoms with E-state index in [2.05, 4.69) is 62.2 Å². The summed E-state index contributed by atoms with van der Waals surface area (Å²) in [6.07, 6.45) is -0.380. The van der Waals surface area contributed by atoms with Crippen LogP contribution in [0.2, 0.25) is 0 Å². The molecule has 150 valence electrons. The summed E-state index contributed by atoms with van der Waals surface area (Å²) in [5.41, 5.74) is 0.208. The number of fused-ring (bicyclic) bond motifs is 1. The van der Waals surface area contributed by atoms with Gasteiger partial charge in [0, 0.05) is 13.1 Å². The number of halogens is 2. The topological polar surface area (TPSA) is 42.0 Å². The van der Waals surface area contributed by atoms with Gasteiger partial charge in [0.25, 0.3) is 0 Å². The quantitative estimate of drug-likeness (QED) is 0.408. The Morgan fingerprint density at radius 1 is 1.07 bits per heavy atom. The molecule has 1 amide bonds. The van der Waals surface area contributed by atoms with E-state index in [9.17, 15) is 4.79 Å². The fraction of sp³-hybridized carbons (Fsp3) is 0.381. The molecule has 0 bridgehead atoms. The van der Waals surface area contributed by atoms with Gasteiger partial charge in [-0.2, -0.15) is 0 Å². The van der Waals surface area contributed by atoms with Crippen LogP contribution in [-0.4, -0.2) is 42.9 Å². The lowest BCUT2D eigenvalue weighted by molar-refractivity contribution is 0.0446. The number of hydrogen-bond acceptors (Lipinski definition) is 4. The Kier molecular flexibility index (Phi) is 7.08. The van der Waals surface area contributed by atoms with Crippen molar-refractivity contribution in [3.63, 3.8) is 0 Å². The van der Waals surface area contributed by atoms with Crippen molar-refractivity contribution in [2.45, 2.75) is 26.4 Å². The summed E-state index contributed by atoms with van der Waals surface area (Å²) in [7, 11) is 0. The van der Waals surface area contributed by atoms with Crippen molar-refractivity contribution in [1.29, 1.82) is 0 Å². The highest BCUT2D eigenvalue weighted by molar-refractivity contribution is 14.2. The molecule has 0 saturated carbocycles. The van der Waals surface area contributed by atoms with Gasteiger partial charge in [-0.1, -0.05) is 30.3 Å². The van der Waals surface area contributed by atoms with Gasteiger partial charge in [-0.3, -0.25) is 0 Å². The van der Waals surface area contributed by atoms with Gasteiger partial charge in [0.15, 0.2) is 0 Å². The molecule has 0 aromatic heterocycles. The van der Waals surface area contributed by atoms with Gasteiger partial charge in [-0.25, -0.2) is 9.69 Å². The van der Waals surface area contributed by atoms with Crippen molar-refractivity contribution in [3.05, 3.63) is 49.9 Å². The molecule has 0 N–H and O–H groups in total. The van der Waals surface area contributed by atoms with Crippen LogP contribution in [0.1, 0.15) is 20.8 Å². The monoisotopic (exact) mass is 606 g/mol. The molecule has 2 aromatic carbocycles. The maximum atomic E-state index is 13.3. The second-order valence-electron chi connectivity index (χ2n) is 7.53. The van der Waals surface area contributed by atoms with Crippen LogP contribution in [0.4, 0.5) is 10.5 Å². The number of carbonyl (C=O) groups is 1. The number of hydrogen-bond donors (Lipinski definition) is 0. The lowest BCUT2D eigenvalue weighted by Crippen LogP contribution is -2.46. The molecule has 0 atom stereocenters. The first-order chi connectivity index (χ1) is 13.3. The average molecular weight is 606 g/mol. The maximum absolute atomic E-state index is 13.3. The fourth-order valence-electron chi connectivity index (χ4n) is 3.06. The van der Waals surface area contributed by atoms with Crippen molar-refractivity contribution >= 4 is 67.7 Å². The highest BCUT2D eigenvalue weighted by atomic mass is 127. The van der Waals surface area contributed by atoms with E-state index in [1.165, 1.54) is 0 Å². The van der Waals surface area contributed by atoms with Crippen LogP contribution < -0.4 is 4.90 Å². The molecule has 28 heavy (non-hydrogen) atoms. The molecule has 1 aliphatic heterocycles. The molecule has 1 aliphatic rings. The molecule has 0 aliphatic carbocycles. The normalized spacial score (nSPS) is 14.7. The Labute approximate surface area is 193 Å². The van der Waals surface area contributed by atoms with E-state index >= 15 is 0 Å². The van der Waals surface area contributed by atoms with E-state index in [0.717, 1.165) is 37.0 Å². The van der Waals surface area contributed by atoms with E-state index in [0.29, 0.717) is 13.2 Å². The van der Waals surface area contributed by atoms with E-state index in [-0.39, 0.29) is 6.09 Å². The Hall–Kier alpha value is -1.07. The summed E-state index contributed by atoms with van der Waals surface area (Å²) >= 11 is 4.54. The van der Waals surface area contributed by atoms with Gasteiger partial charge in [0.05, 0.1) is 20.5 Å². The van der Waals surface area contributed by atoms with Gasteiger partial charge in [0.2, 0.25) is 0 Å². The summed E-state index contributed by atoms with van der Waals surface area (Å²) in [6.45, 7) is 8.41. The summed E-state index contributed by atoms with van der Waals surface area (Å²) < 4.78 is 12.3. The van der Waals surface area contributed by atoms with Crippen LogP contribution in [0.25, 0.3) is 10.8 Å². The van der Waals surface area contributed by atoms with Crippen molar-refractivity contribution in [2.24, 2.45) is 0 Å². The highest BCUT2D eigenvalue weighted by Crippen LogP contribution is 2.33. The standard InChI is InChI=1S/C21H24I2N2O3/c1-21(2,3)28-20(26)25(19(18(22)23)24-10-12-27-13-11-24)17-9-8-15-6-4-5-7-16(15)14-17/h4-9,14H,10-13H2,1-3H3. The summed E-state index contributed by atoms with van der Waals surface area (Å²) in [5, 5.41) is 2.22. The summed E-state index contributed by atoms with van der Waals surface area (Å²) in [5.74, 6) is 0.842. The first-order valence-corrected chi connectivity index (χ1v) is 11.3. The molecule has 3 rings (SSSR count). The third-order valence-corrected chi connectivity index (χ3v) is 5.22. The molecule has 0 radical (unpaired) electrons. The van der Waals surface area contributed by atoms with Crippen LogP contribution in [0.15, 0.2) is 49.9 Å². The minimum Gasteiger partial charge on any atom is -0.443 e. The van der Waals surface area contributed by atoms with Crippen molar-refractivity contribution in [1.82, 2.24) is 4.90 Å². The van der Waals surface area contributed by atoms with Crippen molar-refractivity contribution < 1.29 is 14.3 Å². The minimum atomic E-state index is -0.584. The SMILES string of the molecule is CC(C)(C)OC(=O)N(C(=C(I)I)N1CCOCC1)c1ccc2ccccc2c1. The molecule has 2 aromatic rings. The van der Waals surface area contributed by atoms with Crippen LogP contribution in [0.3, 0.4) is 0 Å². The highest BCUT2D eigenvalue weighted by Gasteiger charge is 2.31. The first-order valence-electron chi connectivity index (χ1n) is 9.16. The van der Waals surface area contributed by atoms with Crippen LogP contribution in [0, 0.1) is 0 Å². The van der Waals surface area contributed by atoms with Crippen LogP contribution in [-0.2, 0) is 9.47 Å². The number of carbonyl (C=O) groups excluding carboxylic acids is 1. The van der Waals surface area contributed by atoms with E-state index < -0.39 is 5.60 Å². The lowest BCUT2D eigenvalue weighted by atomic mass is 10.1. The van der Waals surface area contributed by atoms with Crippen LogP contribution in [0.5, 0.6) is 0 Å². The minimum absolute atomic E-state index is 0.380. The Morgan fingerprint density at radius 3 is 2.32 bits per heavy atom. The molecule has 1 heterocycles. The zero-order chi connectivity index (χ0) is 20.3. The number of nitrogens with zero attached hydrogens (tertiary/aromatic N) is 2. The molecular weight excluding hydrogens is 582 g/mol. The number of benzene rings is 2. The van der Waals surface area contributed by atoms with E-state index in [1.54, 1.807) is 4.90 Å². The third kappa shape index (κ3) is 5.29. The number of anilines is 1. The Balaban J connectivity index is 2.09. The zero-order valence-electron chi connectivity index (χ0n) is 16.2. The number of amides is 1. The Morgan fingerprint density at radius 2 is 1.71 bits per heavy atom. The molecule has 0 unspecified atom stereocenters. The second-order valence-corrected chi connectivity index (χ2v) is 11.8. The largest absolute Gasteiger partial charge is 0.443 e. The van der Waals surface area contributed by atoms with Crippen molar-refractivity contribution in [3.8, 4) is 0 Å². The lowest BCUT2D eigenvalue weighted by Gasteiger charge is -2.37. The maximum Gasteiger partial charge on any atom is 0.420 e. The number of ether oxygens (including phenoxy) is 2. The second kappa shape index (κ2) is 9.17. The van der Waals surface area contributed by atoms with Gasteiger partial charge >= 0.3 is 6.09 Å². The van der Waals surface area contributed by atoms with Gasteiger partial charge in [-0.15, -0.1) is 0 Å².